The van der Waals surface area contributed by atoms with Gasteiger partial charge in [0.1, 0.15) is 6.04 Å². The summed E-state index contributed by atoms with van der Waals surface area (Å²) in [5, 5.41) is 5.36. The van der Waals surface area contributed by atoms with Crippen molar-refractivity contribution in [3.05, 3.63) is 54.1 Å². The quantitative estimate of drug-likeness (QED) is 0.567. The number of hydrogen-bond donors (Lipinski definition) is 3. The number of carbonyl (C=O) groups excluding carboxylic acids is 2. The zero-order valence-corrected chi connectivity index (χ0v) is 15.7. The lowest BCUT2D eigenvalue weighted by Crippen LogP contribution is -2.47. The van der Waals surface area contributed by atoms with E-state index in [9.17, 15) is 9.59 Å². The molecule has 0 fully saturated rings. The normalized spacial score (nSPS) is 11.9. The predicted molar refractivity (Wildman–Crippen MR) is 107 cm³/mol. The van der Waals surface area contributed by atoms with Crippen LogP contribution in [0.1, 0.15) is 5.56 Å². The van der Waals surface area contributed by atoms with Crippen LogP contribution < -0.4 is 16.4 Å². The van der Waals surface area contributed by atoms with Crippen molar-refractivity contribution in [1.29, 1.82) is 0 Å². The lowest BCUT2D eigenvalue weighted by Gasteiger charge is -2.17. The van der Waals surface area contributed by atoms with E-state index in [-0.39, 0.29) is 5.91 Å². The fourth-order valence-corrected chi connectivity index (χ4v) is 4.06. The first-order chi connectivity index (χ1) is 12.5. The third kappa shape index (κ3) is 4.53. The van der Waals surface area contributed by atoms with Gasteiger partial charge in [0.2, 0.25) is 5.91 Å². The topological polar surface area (TPSA) is 97.1 Å². The molecule has 0 aliphatic rings. The summed E-state index contributed by atoms with van der Waals surface area (Å²) < 4.78 is 1.97. The molecular weight excluding hydrogens is 368 g/mol. The van der Waals surface area contributed by atoms with E-state index in [1.807, 2.05) is 48.7 Å². The Kier molecular flexibility index (Phi) is 5.75. The van der Waals surface area contributed by atoms with E-state index in [0.717, 1.165) is 20.1 Å². The summed E-state index contributed by atoms with van der Waals surface area (Å²) in [4.78, 5) is 28.4. The van der Waals surface area contributed by atoms with E-state index >= 15 is 0 Å². The minimum atomic E-state index is -0.756. The maximum absolute atomic E-state index is 12.7. The van der Waals surface area contributed by atoms with Crippen LogP contribution in [0.5, 0.6) is 0 Å². The van der Waals surface area contributed by atoms with Crippen molar-refractivity contribution in [2.45, 2.75) is 16.8 Å². The number of thiazole rings is 1. The van der Waals surface area contributed by atoms with E-state index in [4.69, 9.17) is 5.73 Å². The molecule has 0 aliphatic carbocycles. The maximum Gasteiger partial charge on any atom is 0.312 e. The fraction of sp³-hybridized carbons (Fsp3) is 0.167. The zero-order valence-electron chi connectivity index (χ0n) is 14.1. The summed E-state index contributed by atoms with van der Waals surface area (Å²) in [5.74, 6) is -0.318. The number of primary amides is 1. The molecular formula is C18H18N4O2S2. The molecule has 1 unspecified atom stereocenters. The summed E-state index contributed by atoms with van der Waals surface area (Å²) in [5.41, 5.74) is 7.72. The molecule has 26 heavy (non-hydrogen) atoms. The van der Waals surface area contributed by atoms with Gasteiger partial charge in [0.25, 0.3) is 0 Å². The maximum atomic E-state index is 12.7. The van der Waals surface area contributed by atoms with Gasteiger partial charge < -0.3 is 16.4 Å². The number of fused-ring (bicyclic) bond motifs is 1. The lowest BCUT2D eigenvalue weighted by molar-refractivity contribution is -0.117. The number of anilines is 1. The summed E-state index contributed by atoms with van der Waals surface area (Å²) >= 11 is 3.16. The summed E-state index contributed by atoms with van der Waals surface area (Å²) in [6.07, 6.45) is 2.33. The highest BCUT2D eigenvalue weighted by Crippen LogP contribution is 2.30. The number of rotatable bonds is 6. The molecule has 3 amide bonds. The Morgan fingerprint density at radius 1 is 1.23 bits per heavy atom. The van der Waals surface area contributed by atoms with E-state index in [1.165, 1.54) is 0 Å². The van der Waals surface area contributed by atoms with Crippen molar-refractivity contribution < 1.29 is 9.59 Å². The first kappa shape index (κ1) is 18.2. The molecule has 0 bridgehead atoms. The number of benzene rings is 2. The van der Waals surface area contributed by atoms with Crippen LogP contribution in [0.15, 0.2) is 52.9 Å². The molecule has 1 aromatic heterocycles. The highest BCUT2D eigenvalue weighted by molar-refractivity contribution is 8.00. The Hall–Kier alpha value is -2.58. The monoisotopic (exact) mass is 386 g/mol. The average Bonchev–Trinajstić information content (AvgIpc) is 3.04. The molecule has 8 heteroatoms. The van der Waals surface area contributed by atoms with Gasteiger partial charge in [-0.15, -0.1) is 11.3 Å². The molecule has 0 aliphatic heterocycles. The largest absolute Gasteiger partial charge is 0.352 e. The van der Waals surface area contributed by atoms with Crippen LogP contribution in [0.4, 0.5) is 10.5 Å². The molecule has 0 saturated heterocycles. The molecule has 0 saturated carbocycles. The van der Waals surface area contributed by atoms with Gasteiger partial charge in [0, 0.05) is 12.1 Å². The summed E-state index contributed by atoms with van der Waals surface area (Å²) in [7, 11) is 0. The predicted octanol–water partition coefficient (Wildman–Crippen LogP) is 3.24. The van der Waals surface area contributed by atoms with Crippen LogP contribution in [0.25, 0.3) is 10.2 Å². The Morgan fingerprint density at radius 3 is 2.69 bits per heavy atom. The van der Waals surface area contributed by atoms with Gasteiger partial charge >= 0.3 is 6.03 Å². The van der Waals surface area contributed by atoms with Gasteiger partial charge in [0.15, 0.2) is 4.34 Å². The molecule has 134 valence electrons. The number of aromatic nitrogens is 1. The zero-order chi connectivity index (χ0) is 18.5. The number of amides is 3. The number of thioether (sulfide) groups is 1. The molecule has 2 aromatic carbocycles. The van der Waals surface area contributed by atoms with E-state index in [1.54, 1.807) is 29.2 Å². The second-order valence-electron chi connectivity index (χ2n) is 5.61. The van der Waals surface area contributed by atoms with Crippen molar-refractivity contribution in [3.8, 4) is 0 Å². The third-order valence-electron chi connectivity index (χ3n) is 3.73. The molecule has 6 nitrogen and oxygen atoms in total. The Morgan fingerprint density at radius 2 is 2.00 bits per heavy atom. The smallest absolute Gasteiger partial charge is 0.312 e. The van der Waals surface area contributed by atoms with E-state index in [0.29, 0.717) is 12.1 Å². The number of nitrogens with zero attached hydrogens (tertiary/aromatic N) is 1. The molecule has 1 heterocycles. The highest BCUT2D eigenvalue weighted by atomic mass is 32.2. The van der Waals surface area contributed by atoms with Crippen molar-refractivity contribution in [2.75, 3.05) is 11.6 Å². The van der Waals surface area contributed by atoms with Gasteiger partial charge in [0.05, 0.1) is 10.2 Å². The van der Waals surface area contributed by atoms with Crippen molar-refractivity contribution in [3.63, 3.8) is 0 Å². The van der Waals surface area contributed by atoms with Crippen LogP contribution in [0.2, 0.25) is 0 Å². The number of nitrogens with two attached hydrogens (primary N) is 1. The molecule has 1 atom stereocenters. The minimum Gasteiger partial charge on any atom is -0.352 e. The number of carbonyl (C=O) groups is 2. The second kappa shape index (κ2) is 8.20. The standard InChI is InChI=1S/C18H18N4O2S2/c1-25-18-22-13-8-7-12(10-15(13)26-18)20-16(23)14(21-17(19)24)9-11-5-3-2-4-6-11/h2-8,10,14H,9H2,1H3,(H,20,23)(H3,19,21,24). The number of hydrogen-bond acceptors (Lipinski definition) is 5. The van der Waals surface area contributed by atoms with E-state index < -0.39 is 12.1 Å². The third-order valence-corrected chi connectivity index (χ3v) is 5.73. The number of nitrogens with one attached hydrogen (secondary N) is 2. The van der Waals surface area contributed by atoms with Crippen molar-refractivity contribution in [2.24, 2.45) is 5.73 Å². The number of urea groups is 1. The van der Waals surface area contributed by atoms with Crippen LogP contribution >= 0.6 is 23.1 Å². The summed E-state index contributed by atoms with van der Waals surface area (Å²) in [6, 6.07) is 13.5. The Balaban J connectivity index is 1.77. The highest BCUT2D eigenvalue weighted by Gasteiger charge is 2.20. The van der Waals surface area contributed by atoms with Crippen molar-refractivity contribution >= 4 is 50.9 Å². The molecule has 0 radical (unpaired) electrons. The van der Waals surface area contributed by atoms with Crippen LogP contribution in [-0.4, -0.2) is 29.2 Å². The van der Waals surface area contributed by atoms with Gasteiger partial charge in [-0.3, -0.25) is 4.79 Å². The Labute approximate surface area is 159 Å². The van der Waals surface area contributed by atoms with Gasteiger partial charge in [-0.2, -0.15) is 0 Å². The summed E-state index contributed by atoms with van der Waals surface area (Å²) in [6.45, 7) is 0. The van der Waals surface area contributed by atoms with Gasteiger partial charge in [-0.05, 0) is 30.0 Å². The first-order valence-electron chi connectivity index (χ1n) is 7.90. The van der Waals surface area contributed by atoms with Gasteiger partial charge in [-0.25, -0.2) is 9.78 Å². The van der Waals surface area contributed by atoms with Crippen LogP contribution in [0, 0.1) is 0 Å². The molecule has 0 spiro atoms. The van der Waals surface area contributed by atoms with Crippen LogP contribution in [0.3, 0.4) is 0 Å². The van der Waals surface area contributed by atoms with Crippen LogP contribution in [-0.2, 0) is 11.2 Å². The average molecular weight is 387 g/mol. The van der Waals surface area contributed by atoms with Crippen molar-refractivity contribution in [1.82, 2.24) is 10.3 Å². The molecule has 4 N–H and O–H groups in total. The molecule has 3 rings (SSSR count). The minimum absolute atomic E-state index is 0.318. The first-order valence-corrected chi connectivity index (χ1v) is 9.94. The lowest BCUT2D eigenvalue weighted by atomic mass is 10.1. The van der Waals surface area contributed by atoms with E-state index in [2.05, 4.69) is 15.6 Å². The Bertz CT molecular complexity index is 927. The second-order valence-corrected chi connectivity index (χ2v) is 7.69. The fourth-order valence-electron chi connectivity index (χ4n) is 2.53. The molecule has 3 aromatic rings. The van der Waals surface area contributed by atoms with Gasteiger partial charge in [-0.1, -0.05) is 42.1 Å². The SMILES string of the molecule is CSc1nc2ccc(NC(=O)C(Cc3ccccc3)NC(N)=O)cc2s1.